The molecule has 0 saturated carbocycles. The van der Waals surface area contributed by atoms with Crippen molar-refractivity contribution in [2.24, 2.45) is 0 Å². The van der Waals surface area contributed by atoms with Gasteiger partial charge in [-0.15, -0.1) is 0 Å². The van der Waals surface area contributed by atoms with Gasteiger partial charge in [-0.2, -0.15) is 0 Å². The van der Waals surface area contributed by atoms with Crippen LogP contribution in [0.2, 0.25) is 0 Å². The van der Waals surface area contributed by atoms with Gasteiger partial charge >= 0.3 is 0 Å². The van der Waals surface area contributed by atoms with Crippen LogP contribution in [-0.2, 0) is 30.5 Å². The quantitative estimate of drug-likeness (QED) is 0.106. The third kappa shape index (κ3) is 8.55. The molecule has 16 nitrogen and oxygen atoms in total. The molecule has 5 aliphatic rings. The van der Waals surface area contributed by atoms with E-state index in [-0.39, 0.29) is 66.8 Å². The van der Waals surface area contributed by atoms with E-state index < -0.39 is 35.7 Å². The first-order valence-corrected chi connectivity index (χ1v) is 22.2. The Hall–Kier alpha value is -6.98. The highest BCUT2D eigenvalue weighted by Gasteiger charge is 2.46. The maximum absolute atomic E-state index is 14.0. The smallest absolute Gasteiger partial charge is 0.264 e. The van der Waals surface area contributed by atoms with Crippen molar-refractivity contribution in [3.63, 3.8) is 0 Å². The number of carbonyl (C=O) groups excluding carboxylic acids is 7. The Kier molecular flexibility index (Phi) is 12.2. The third-order valence-corrected chi connectivity index (χ3v) is 12.9. The highest BCUT2D eigenvalue weighted by Crippen LogP contribution is 2.36. The maximum atomic E-state index is 14.0. The van der Waals surface area contributed by atoms with E-state index in [1.54, 1.807) is 29.3 Å². The summed E-state index contributed by atoms with van der Waals surface area (Å²) in [4.78, 5) is 97.8. The molecule has 4 aromatic carbocycles. The van der Waals surface area contributed by atoms with Gasteiger partial charge in [0.25, 0.3) is 17.7 Å². The molecule has 0 aromatic heterocycles. The lowest BCUT2D eigenvalue weighted by Gasteiger charge is -2.36. The number of carbonyl (C=O) groups is 7. The van der Waals surface area contributed by atoms with Gasteiger partial charge in [-0.3, -0.25) is 43.8 Å². The van der Waals surface area contributed by atoms with Gasteiger partial charge in [0.05, 0.1) is 30.8 Å². The topological polar surface area (TPSA) is 190 Å². The van der Waals surface area contributed by atoms with Gasteiger partial charge in [0.1, 0.15) is 12.1 Å². The average Bonchev–Trinajstić information content (AvgIpc) is 4.01. The fourth-order valence-electron chi connectivity index (χ4n) is 8.81. The SMILES string of the molecule is O=C1CCC(N2C(=O)c3cccc(NCCOCCC(=O)N4CCN(c5ccc(-c6ccc7c(c6)C(=O)N(C(C(=O)NC6NC=CS6)c6ccccc6)C7)cc5)CC4)c3C2=O)C(=O)N1. The van der Waals surface area contributed by atoms with Gasteiger partial charge in [0.15, 0.2) is 5.50 Å². The van der Waals surface area contributed by atoms with E-state index in [1.807, 2.05) is 71.0 Å². The summed E-state index contributed by atoms with van der Waals surface area (Å²) in [5, 5.41) is 13.3. The lowest BCUT2D eigenvalue weighted by molar-refractivity contribution is -0.136. The van der Waals surface area contributed by atoms with Gasteiger partial charge in [-0.25, -0.2) is 0 Å². The molecule has 64 heavy (non-hydrogen) atoms. The zero-order valence-corrected chi connectivity index (χ0v) is 35.6. The van der Waals surface area contributed by atoms with Crippen molar-refractivity contribution in [3.8, 4) is 11.1 Å². The number of piperazine rings is 1. The minimum Gasteiger partial charge on any atom is -0.382 e. The van der Waals surface area contributed by atoms with Crippen molar-refractivity contribution < 1.29 is 38.3 Å². The molecule has 0 spiro atoms. The van der Waals surface area contributed by atoms with Crippen molar-refractivity contribution in [3.05, 3.63) is 130 Å². The summed E-state index contributed by atoms with van der Waals surface area (Å²) in [6.07, 6.45) is 2.13. The van der Waals surface area contributed by atoms with Crippen molar-refractivity contribution in [2.45, 2.75) is 43.4 Å². The molecule has 4 N–H and O–H groups in total. The van der Waals surface area contributed by atoms with Gasteiger partial charge in [-0.1, -0.05) is 72.4 Å². The second-order valence-electron chi connectivity index (χ2n) is 16.0. The molecule has 7 amide bonds. The minimum atomic E-state index is -1.04. The van der Waals surface area contributed by atoms with Crippen molar-refractivity contribution in [2.75, 3.05) is 56.2 Å². The number of benzene rings is 4. The van der Waals surface area contributed by atoms with Gasteiger partial charge in [0, 0.05) is 68.8 Å². The molecule has 2 saturated heterocycles. The van der Waals surface area contributed by atoms with E-state index in [2.05, 4.69) is 38.3 Å². The fourth-order valence-corrected chi connectivity index (χ4v) is 9.46. The van der Waals surface area contributed by atoms with Crippen LogP contribution in [0.3, 0.4) is 0 Å². The van der Waals surface area contributed by atoms with Gasteiger partial charge < -0.3 is 35.4 Å². The Balaban J connectivity index is 0.728. The summed E-state index contributed by atoms with van der Waals surface area (Å²) in [5.74, 6) is -2.69. The minimum absolute atomic E-state index is 0.00375. The van der Waals surface area contributed by atoms with Crippen LogP contribution in [0.4, 0.5) is 11.4 Å². The molecule has 5 heterocycles. The Morgan fingerprint density at radius 2 is 1.59 bits per heavy atom. The molecule has 4 aromatic rings. The summed E-state index contributed by atoms with van der Waals surface area (Å²) >= 11 is 1.46. The normalized spacial score (nSPS) is 19.7. The van der Waals surface area contributed by atoms with Crippen LogP contribution in [0.1, 0.15) is 67.5 Å². The Morgan fingerprint density at radius 1 is 0.812 bits per heavy atom. The van der Waals surface area contributed by atoms with Gasteiger partial charge in [0.2, 0.25) is 23.6 Å². The second kappa shape index (κ2) is 18.4. The van der Waals surface area contributed by atoms with Crippen molar-refractivity contribution in [1.29, 1.82) is 0 Å². The predicted octanol–water partition coefficient (Wildman–Crippen LogP) is 3.83. The predicted molar refractivity (Wildman–Crippen MR) is 239 cm³/mol. The van der Waals surface area contributed by atoms with E-state index in [9.17, 15) is 33.6 Å². The number of hydrogen-bond acceptors (Lipinski definition) is 12. The van der Waals surface area contributed by atoms with E-state index in [4.69, 9.17) is 4.74 Å². The molecule has 0 radical (unpaired) electrons. The first-order chi connectivity index (χ1) is 31.1. The molecule has 0 aliphatic carbocycles. The Labute approximate surface area is 373 Å². The van der Waals surface area contributed by atoms with E-state index in [0.29, 0.717) is 50.5 Å². The number of fused-ring (bicyclic) bond motifs is 2. The number of amides is 7. The largest absolute Gasteiger partial charge is 0.382 e. The molecule has 9 rings (SSSR count). The summed E-state index contributed by atoms with van der Waals surface area (Å²) in [7, 11) is 0. The third-order valence-electron chi connectivity index (χ3n) is 12.1. The zero-order valence-electron chi connectivity index (χ0n) is 34.8. The van der Waals surface area contributed by atoms with Crippen LogP contribution in [0.25, 0.3) is 11.1 Å². The van der Waals surface area contributed by atoms with E-state index in [1.165, 1.54) is 11.8 Å². The number of piperidine rings is 1. The molecule has 0 bridgehead atoms. The summed E-state index contributed by atoms with van der Waals surface area (Å²) < 4.78 is 5.75. The highest BCUT2D eigenvalue weighted by atomic mass is 32.2. The van der Waals surface area contributed by atoms with E-state index >= 15 is 0 Å². The summed E-state index contributed by atoms with van der Waals surface area (Å²) in [6, 6.07) is 26.5. The first-order valence-electron chi connectivity index (χ1n) is 21.3. The monoisotopic (exact) mass is 882 g/mol. The van der Waals surface area contributed by atoms with Crippen LogP contribution in [0.5, 0.6) is 0 Å². The van der Waals surface area contributed by atoms with Crippen LogP contribution in [0, 0.1) is 0 Å². The van der Waals surface area contributed by atoms with Crippen LogP contribution in [-0.4, -0.2) is 114 Å². The number of anilines is 2. The van der Waals surface area contributed by atoms with Crippen molar-refractivity contribution in [1.82, 2.24) is 30.7 Å². The number of nitrogens with zero attached hydrogens (tertiary/aromatic N) is 4. The van der Waals surface area contributed by atoms with Crippen LogP contribution >= 0.6 is 11.8 Å². The number of rotatable bonds is 14. The highest BCUT2D eigenvalue weighted by molar-refractivity contribution is 8.02. The fraction of sp³-hybridized carbons (Fsp3) is 0.298. The number of ether oxygens (including phenoxy) is 1. The molecule has 3 unspecified atom stereocenters. The number of imide groups is 2. The van der Waals surface area contributed by atoms with Crippen molar-refractivity contribution >= 4 is 64.5 Å². The standard InChI is InChI=1S/C47H46N8O8S/c56-38-16-15-37(42(58)50-38)55-45(61)34-7-4-8-36(40(34)46(55)62)48-18-25-63-24-17-39(57)53-22-20-52(21-23-53)33-13-11-29(12-14-33)31-9-10-32-28-54(44(60)35(32)27-31)41(30-5-2-1-3-6-30)43(59)51-47-49-19-26-64-47/h1-14,19,26-27,37,41,47-49H,15-18,20-25,28H2,(H,51,59)(H,50,56,58). The zero-order chi connectivity index (χ0) is 44.3. The average molecular weight is 883 g/mol. The first kappa shape index (κ1) is 42.3. The van der Waals surface area contributed by atoms with Crippen LogP contribution in [0.15, 0.2) is 103 Å². The number of nitrogens with one attached hydrogen (secondary N) is 4. The maximum Gasteiger partial charge on any atom is 0.264 e. The van der Waals surface area contributed by atoms with Crippen LogP contribution < -0.4 is 26.2 Å². The Bertz CT molecular complexity index is 2540. The molecule has 328 valence electrons. The van der Waals surface area contributed by atoms with E-state index in [0.717, 1.165) is 32.8 Å². The number of thioether (sulfide) groups is 1. The molecule has 17 heteroatoms. The lowest BCUT2D eigenvalue weighted by Crippen LogP contribution is -2.54. The summed E-state index contributed by atoms with van der Waals surface area (Å²) in [6.45, 7) is 3.60. The number of hydrogen-bond donors (Lipinski definition) is 4. The lowest BCUT2D eigenvalue weighted by atomic mass is 10.00. The second-order valence-corrected chi connectivity index (χ2v) is 17.0. The molecule has 3 atom stereocenters. The molecular weight excluding hydrogens is 837 g/mol. The Morgan fingerprint density at radius 3 is 2.34 bits per heavy atom. The van der Waals surface area contributed by atoms with Gasteiger partial charge in [-0.05, 0) is 64.4 Å². The molecular formula is C47H46N8O8S. The summed E-state index contributed by atoms with van der Waals surface area (Å²) in [5.41, 5.74) is 5.62. The molecule has 2 fully saturated rings. The molecule has 5 aliphatic heterocycles.